The number of carbonyl (C=O) groups excluding carboxylic acids is 1. The second-order valence-corrected chi connectivity index (χ2v) is 9.15. The van der Waals surface area contributed by atoms with E-state index in [1.807, 2.05) is 31.2 Å². The van der Waals surface area contributed by atoms with Gasteiger partial charge in [-0.05, 0) is 24.6 Å². The lowest BCUT2D eigenvalue weighted by Crippen LogP contribution is -2.18. The van der Waals surface area contributed by atoms with Crippen molar-refractivity contribution in [1.29, 1.82) is 0 Å². The maximum atomic E-state index is 12.2. The molecule has 0 atom stereocenters. The van der Waals surface area contributed by atoms with Crippen LogP contribution in [-0.2, 0) is 20.4 Å². The van der Waals surface area contributed by atoms with Crippen LogP contribution in [0.2, 0.25) is 0 Å². The minimum Gasteiger partial charge on any atom is -0.492 e. The number of hydrogen-bond donors (Lipinski definition) is 1. The number of benzene rings is 2. The summed E-state index contributed by atoms with van der Waals surface area (Å²) in [6.07, 6.45) is -0.108. The Kier molecular flexibility index (Phi) is 6.08. The second-order valence-electron chi connectivity index (χ2n) is 5.93. The summed E-state index contributed by atoms with van der Waals surface area (Å²) >= 11 is 1.33. The maximum absolute atomic E-state index is 12.2. The van der Waals surface area contributed by atoms with Crippen LogP contribution >= 0.6 is 11.3 Å². The second kappa shape index (κ2) is 8.49. The van der Waals surface area contributed by atoms with Crippen molar-refractivity contribution in [3.63, 3.8) is 0 Å². The number of nitrogens with one attached hydrogen (secondary N) is 1. The summed E-state index contributed by atoms with van der Waals surface area (Å²) in [6, 6.07) is 14.5. The van der Waals surface area contributed by atoms with Crippen molar-refractivity contribution < 1.29 is 17.9 Å². The van der Waals surface area contributed by atoms with Gasteiger partial charge in [-0.3, -0.25) is 4.79 Å². The average Bonchev–Trinajstić information content (AvgIpc) is 3.04. The summed E-state index contributed by atoms with van der Waals surface area (Å²) in [5, 5.41) is 3.12. The molecule has 3 rings (SSSR count). The number of thiazole rings is 1. The van der Waals surface area contributed by atoms with Gasteiger partial charge in [0, 0.05) is 6.42 Å². The van der Waals surface area contributed by atoms with Crippen LogP contribution in [0.25, 0.3) is 10.2 Å². The third kappa shape index (κ3) is 5.27. The summed E-state index contributed by atoms with van der Waals surface area (Å²) in [7, 11) is -3.36. The minimum atomic E-state index is -3.36. The van der Waals surface area contributed by atoms with Crippen molar-refractivity contribution >= 4 is 42.4 Å². The van der Waals surface area contributed by atoms with Crippen molar-refractivity contribution in [2.75, 3.05) is 17.7 Å². The number of rotatable bonds is 8. The molecule has 0 aliphatic heterocycles. The van der Waals surface area contributed by atoms with Gasteiger partial charge in [-0.25, -0.2) is 13.4 Å². The van der Waals surface area contributed by atoms with Gasteiger partial charge in [0.15, 0.2) is 15.0 Å². The minimum absolute atomic E-state index is 0.0695. The van der Waals surface area contributed by atoms with E-state index in [0.29, 0.717) is 28.6 Å². The molecule has 0 radical (unpaired) electrons. The largest absolute Gasteiger partial charge is 0.492 e. The Morgan fingerprint density at radius 1 is 1.15 bits per heavy atom. The monoisotopic (exact) mass is 404 g/mol. The first-order chi connectivity index (χ1) is 13.0. The zero-order valence-electron chi connectivity index (χ0n) is 14.8. The molecule has 0 aliphatic carbocycles. The van der Waals surface area contributed by atoms with Crippen LogP contribution in [0.5, 0.6) is 5.75 Å². The first-order valence-corrected chi connectivity index (χ1v) is 11.2. The fourth-order valence-corrected chi connectivity index (χ4v) is 4.82. The highest BCUT2D eigenvalue weighted by atomic mass is 32.2. The van der Waals surface area contributed by atoms with Crippen molar-refractivity contribution in [1.82, 2.24) is 4.98 Å². The molecule has 0 saturated heterocycles. The number of fused-ring (bicyclic) bond motifs is 1. The molecule has 1 aromatic heterocycles. The number of hydrogen-bond acceptors (Lipinski definition) is 6. The smallest absolute Gasteiger partial charge is 0.227 e. The molecule has 6 nitrogen and oxygen atoms in total. The standard InChI is InChI=1S/C19H20N2O4S2/c1-2-25-15-9-6-10-16-18(15)21-19(26-16)20-17(22)11-12-27(23,24)13-14-7-4-3-5-8-14/h3-10H,2,11-13H2,1H3,(H,20,21,22). The van der Waals surface area contributed by atoms with E-state index in [2.05, 4.69) is 10.3 Å². The quantitative estimate of drug-likeness (QED) is 0.619. The topological polar surface area (TPSA) is 85.4 Å². The molecule has 27 heavy (non-hydrogen) atoms. The number of nitrogens with zero attached hydrogens (tertiary/aromatic N) is 1. The van der Waals surface area contributed by atoms with Gasteiger partial charge < -0.3 is 10.1 Å². The van der Waals surface area contributed by atoms with Crippen LogP contribution in [-0.4, -0.2) is 31.7 Å². The third-order valence-electron chi connectivity index (χ3n) is 3.80. The van der Waals surface area contributed by atoms with Gasteiger partial charge in [0.25, 0.3) is 0 Å². The normalized spacial score (nSPS) is 11.4. The Balaban J connectivity index is 1.61. The molecule has 0 fully saturated rings. The van der Waals surface area contributed by atoms with E-state index in [-0.39, 0.29) is 23.8 Å². The highest BCUT2D eigenvalue weighted by Crippen LogP contribution is 2.32. The summed E-state index contributed by atoms with van der Waals surface area (Å²) in [5.41, 5.74) is 1.41. The average molecular weight is 405 g/mol. The van der Waals surface area contributed by atoms with E-state index >= 15 is 0 Å². The predicted octanol–water partition coefficient (Wildman–Crippen LogP) is 3.64. The molecule has 3 aromatic rings. The van der Waals surface area contributed by atoms with Crippen LogP contribution in [0.1, 0.15) is 18.9 Å². The highest BCUT2D eigenvalue weighted by Gasteiger charge is 2.16. The Labute approximate surface area is 162 Å². The maximum Gasteiger partial charge on any atom is 0.227 e. The molecule has 0 spiro atoms. The van der Waals surface area contributed by atoms with Crippen molar-refractivity contribution in [3.8, 4) is 5.75 Å². The van der Waals surface area contributed by atoms with E-state index in [9.17, 15) is 13.2 Å². The molecule has 2 aromatic carbocycles. The van der Waals surface area contributed by atoms with Gasteiger partial charge in [0.1, 0.15) is 11.3 Å². The third-order valence-corrected chi connectivity index (χ3v) is 6.33. The van der Waals surface area contributed by atoms with Gasteiger partial charge in [-0.15, -0.1) is 0 Å². The summed E-state index contributed by atoms with van der Waals surface area (Å²) in [4.78, 5) is 16.6. The molecule has 1 amide bonds. The molecular formula is C19H20N2O4S2. The van der Waals surface area contributed by atoms with Crippen molar-refractivity contribution in [3.05, 3.63) is 54.1 Å². The SMILES string of the molecule is CCOc1cccc2sc(NC(=O)CCS(=O)(=O)Cc3ccccc3)nc12. The van der Waals surface area contributed by atoms with E-state index in [1.165, 1.54) is 11.3 Å². The van der Waals surface area contributed by atoms with E-state index in [0.717, 1.165) is 4.70 Å². The fourth-order valence-electron chi connectivity index (χ4n) is 2.58. The molecule has 1 heterocycles. The molecule has 0 bridgehead atoms. The molecule has 1 N–H and O–H groups in total. The molecular weight excluding hydrogens is 384 g/mol. The van der Waals surface area contributed by atoms with Crippen LogP contribution in [0.3, 0.4) is 0 Å². The number of anilines is 1. The Hall–Kier alpha value is -2.45. The Morgan fingerprint density at radius 3 is 2.67 bits per heavy atom. The lowest BCUT2D eigenvalue weighted by atomic mass is 10.2. The summed E-state index contributed by atoms with van der Waals surface area (Å²) < 4.78 is 30.8. The summed E-state index contributed by atoms with van der Waals surface area (Å²) in [5.74, 6) is 0.0174. The van der Waals surface area contributed by atoms with Gasteiger partial charge in [-0.2, -0.15) is 0 Å². The van der Waals surface area contributed by atoms with Crippen LogP contribution in [0.15, 0.2) is 48.5 Å². The first kappa shape index (κ1) is 19.3. The zero-order chi connectivity index (χ0) is 19.3. The lowest BCUT2D eigenvalue weighted by Gasteiger charge is -2.05. The molecule has 142 valence electrons. The number of sulfone groups is 1. The Bertz CT molecular complexity index is 1030. The lowest BCUT2D eigenvalue weighted by molar-refractivity contribution is -0.115. The van der Waals surface area contributed by atoms with Crippen LogP contribution in [0.4, 0.5) is 5.13 Å². The highest BCUT2D eigenvalue weighted by molar-refractivity contribution is 7.90. The molecule has 0 aliphatic rings. The van der Waals surface area contributed by atoms with Crippen LogP contribution < -0.4 is 10.1 Å². The Morgan fingerprint density at radius 2 is 1.93 bits per heavy atom. The van der Waals surface area contributed by atoms with Gasteiger partial charge in [0.05, 0.1) is 22.8 Å². The molecule has 0 unspecified atom stereocenters. The molecule has 0 saturated carbocycles. The number of para-hydroxylation sites is 1. The predicted molar refractivity (Wildman–Crippen MR) is 108 cm³/mol. The molecule has 8 heteroatoms. The zero-order valence-corrected chi connectivity index (χ0v) is 16.5. The summed E-state index contributed by atoms with van der Waals surface area (Å²) in [6.45, 7) is 2.42. The van der Waals surface area contributed by atoms with Gasteiger partial charge in [-0.1, -0.05) is 47.7 Å². The van der Waals surface area contributed by atoms with E-state index in [4.69, 9.17) is 4.74 Å². The number of ether oxygens (including phenoxy) is 1. The van der Waals surface area contributed by atoms with Crippen molar-refractivity contribution in [2.24, 2.45) is 0 Å². The van der Waals surface area contributed by atoms with E-state index < -0.39 is 9.84 Å². The number of aromatic nitrogens is 1. The fraction of sp³-hybridized carbons (Fsp3) is 0.263. The van der Waals surface area contributed by atoms with Crippen molar-refractivity contribution in [2.45, 2.75) is 19.1 Å². The van der Waals surface area contributed by atoms with Crippen LogP contribution in [0, 0.1) is 0 Å². The van der Waals surface area contributed by atoms with E-state index in [1.54, 1.807) is 24.3 Å². The van der Waals surface area contributed by atoms with Gasteiger partial charge in [0.2, 0.25) is 5.91 Å². The number of carbonyl (C=O) groups is 1. The number of amides is 1. The van der Waals surface area contributed by atoms with Gasteiger partial charge >= 0.3 is 0 Å². The first-order valence-electron chi connectivity index (χ1n) is 8.53.